The van der Waals surface area contributed by atoms with Crippen LogP contribution in [0.15, 0.2) is 48.1 Å². The molecular weight excluding hydrogens is 344 g/mol. The Morgan fingerprint density at radius 3 is 2.92 bits per heavy atom. The normalized spacial score (nSPS) is 17.4. The lowest BCUT2D eigenvalue weighted by atomic mass is 9.97. The van der Waals surface area contributed by atoms with Gasteiger partial charge in [0.1, 0.15) is 11.5 Å². The molecule has 1 amide bonds. The molecule has 0 saturated carbocycles. The third kappa shape index (κ3) is 3.55. The largest absolute Gasteiger partial charge is 0.338 e. The van der Waals surface area contributed by atoms with Crippen molar-refractivity contribution in [3.63, 3.8) is 0 Å². The van der Waals surface area contributed by atoms with Gasteiger partial charge in [-0.15, -0.1) is 11.3 Å². The Balaban J connectivity index is 1.45. The van der Waals surface area contributed by atoms with E-state index in [-0.39, 0.29) is 5.91 Å². The van der Waals surface area contributed by atoms with Crippen molar-refractivity contribution in [3.05, 3.63) is 70.2 Å². The van der Waals surface area contributed by atoms with E-state index < -0.39 is 0 Å². The van der Waals surface area contributed by atoms with Gasteiger partial charge in [-0.3, -0.25) is 4.79 Å². The van der Waals surface area contributed by atoms with Crippen LogP contribution in [-0.4, -0.2) is 38.4 Å². The van der Waals surface area contributed by atoms with E-state index in [2.05, 4.69) is 26.7 Å². The second-order valence-electron chi connectivity index (χ2n) is 6.78. The van der Waals surface area contributed by atoms with Gasteiger partial charge >= 0.3 is 0 Å². The second kappa shape index (κ2) is 7.41. The van der Waals surface area contributed by atoms with Crippen molar-refractivity contribution in [2.24, 2.45) is 7.05 Å². The van der Waals surface area contributed by atoms with E-state index in [0.29, 0.717) is 11.6 Å². The number of thiazole rings is 1. The number of carbonyl (C=O) groups is 1. The van der Waals surface area contributed by atoms with Crippen molar-refractivity contribution in [1.29, 1.82) is 0 Å². The van der Waals surface area contributed by atoms with Crippen molar-refractivity contribution in [1.82, 2.24) is 19.4 Å². The molecule has 3 heterocycles. The van der Waals surface area contributed by atoms with Crippen LogP contribution in [0.2, 0.25) is 0 Å². The topological polar surface area (TPSA) is 51.0 Å². The summed E-state index contributed by atoms with van der Waals surface area (Å²) in [6.45, 7) is 1.51. The summed E-state index contributed by atoms with van der Waals surface area (Å²) in [6.07, 6.45) is 6.64. The molecule has 0 radical (unpaired) electrons. The van der Waals surface area contributed by atoms with Gasteiger partial charge in [0.2, 0.25) is 0 Å². The van der Waals surface area contributed by atoms with Crippen molar-refractivity contribution in [2.75, 3.05) is 13.1 Å². The molecule has 1 atom stereocenters. The fraction of sp³-hybridized carbons (Fsp3) is 0.350. The average molecular weight is 366 g/mol. The van der Waals surface area contributed by atoms with Crippen LogP contribution in [-0.2, 0) is 13.5 Å². The molecule has 1 aliphatic rings. The van der Waals surface area contributed by atoms with Gasteiger partial charge in [0.05, 0.1) is 5.01 Å². The van der Waals surface area contributed by atoms with Gasteiger partial charge in [0.15, 0.2) is 0 Å². The van der Waals surface area contributed by atoms with Gasteiger partial charge in [-0.2, -0.15) is 0 Å². The highest BCUT2D eigenvalue weighted by atomic mass is 32.1. The number of likely N-dealkylation sites (tertiary alicyclic amines) is 1. The Morgan fingerprint density at radius 1 is 1.31 bits per heavy atom. The number of benzene rings is 1. The van der Waals surface area contributed by atoms with E-state index in [0.717, 1.165) is 43.2 Å². The van der Waals surface area contributed by atoms with Gasteiger partial charge in [0.25, 0.3) is 5.91 Å². The van der Waals surface area contributed by atoms with Crippen LogP contribution in [0.3, 0.4) is 0 Å². The zero-order valence-corrected chi connectivity index (χ0v) is 15.7. The molecule has 2 aromatic heterocycles. The minimum Gasteiger partial charge on any atom is -0.338 e. The van der Waals surface area contributed by atoms with Crippen molar-refractivity contribution < 1.29 is 4.79 Å². The number of piperidine rings is 1. The lowest BCUT2D eigenvalue weighted by Gasteiger charge is -2.32. The average Bonchev–Trinajstić information content (AvgIpc) is 3.31. The number of hydrogen-bond acceptors (Lipinski definition) is 4. The molecule has 0 N–H and O–H groups in total. The second-order valence-corrected chi connectivity index (χ2v) is 7.72. The zero-order chi connectivity index (χ0) is 17.9. The predicted octanol–water partition coefficient (Wildman–Crippen LogP) is 3.49. The Kier molecular flexibility index (Phi) is 4.84. The van der Waals surface area contributed by atoms with Gasteiger partial charge in [0, 0.05) is 50.2 Å². The maximum atomic E-state index is 12.9. The van der Waals surface area contributed by atoms with Crippen LogP contribution in [0.25, 0.3) is 0 Å². The summed E-state index contributed by atoms with van der Waals surface area (Å²) in [7, 11) is 2.01. The highest BCUT2D eigenvalue weighted by molar-refractivity contribution is 7.09. The standard InChI is InChI=1S/C20H22N4OS/c1-23-11-9-21-19(23)16-8-5-10-24(13-16)20(25)17-14-26-18(22-17)12-15-6-3-2-4-7-15/h2-4,6-7,9,11,14,16H,5,8,10,12-13H2,1H3/t16-/m0/s1. The zero-order valence-electron chi connectivity index (χ0n) is 14.8. The number of imidazole rings is 1. The number of hydrogen-bond donors (Lipinski definition) is 0. The van der Waals surface area contributed by atoms with Crippen LogP contribution in [0, 0.1) is 0 Å². The fourth-order valence-corrected chi connectivity index (χ4v) is 4.37. The van der Waals surface area contributed by atoms with Crippen LogP contribution < -0.4 is 0 Å². The van der Waals surface area contributed by atoms with Crippen molar-refractivity contribution >= 4 is 17.2 Å². The summed E-state index contributed by atoms with van der Waals surface area (Å²) in [5, 5.41) is 2.88. The lowest BCUT2D eigenvalue weighted by molar-refractivity contribution is 0.0698. The van der Waals surface area contributed by atoms with Gasteiger partial charge < -0.3 is 9.47 Å². The first kappa shape index (κ1) is 17.0. The molecular formula is C20H22N4OS. The van der Waals surface area contributed by atoms with Crippen LogP contribution >= 0.6 is 11.3 Å². The Bertz CT molecular complexity index is 886. The Morgan fingerprint density at radius 2 is 2.15 bits per heavy atom. The molecule has 0 bridgehead atoms. The first-order valence-corrected chi connectivity index (χ1v) is 9.83. The molecule has 1 aromatic carbocycles. The third-order valence-corrected chi connectivity index (χ3v) is 5.75. The Labute approximate surface area is 157 Å². The smallest absolute Gasteiger partial charge is 0.273 e. The number of rotatable bonds is 4. The minimum absolute atomic E-state index is 0.0412. The summed E-state index contributed by atoms with van der Waals surface area (Å²) in [5.74, 6) is 1.40. The van der Waals surface area contributed by atoms with Crippen molar-refractivity contribution in [3.8, 4) is 0 Å². The molecule has 134 valence electrons. The van der Waals surface area contributed by atoms with Crippen LogP contribution in [0.1, 0.15) is 45.6 Å². The molecule has 1 aliphatic heterocycles. The van der Waals surface area contributed by atoms with E-state index >= 15 is 0 Å². The van der Waals surface area contributed by atoms with E-state index in [1.165, 1.54) is 5.56 Å². The molecule has 5 nitrogen and oxygen atoms in total. The number of aromatic nitrogens is 3. The first-order chi connectivity index (χ1) is 12.7. The highest BCUT2D eigenvalue weighted by Gasteiger charge is 2.28. The molecule has 3 aromatic rings. The first-order valence-electron chi connectivity index (χ1n) is 8.95. The summed E-state index contributed by atoms with van der Waals surface area (Å²) < 4.78 is 2.06. The van der Waals surface area contributed by atoms with Gasteiger partial charge in [-0.05, 0) is 18.4 Å². The summed E-state index contributed by atoms with van der Waals surface area (Å²) >= 11 is 1.56. The number of carbonyl (C=O) groups excluding carboxylic acids is 1. The quantitative estimate of drug-likeness (QED) is 0.710. The van der Waals surface area contributed by atoms with Crippen LogP contribution in [0.5, 0.6) is 0 Å². The van der Waals surface area contributed by atoms with E-state index in [1.807, 2.05) is 47.9 Å². The van der Waals surface area contributed by atoms with E-state index in [4.69, 9.17) is 0 Å². The van der Waals surface area contributed by atoms with E-state index in [1.54, 1.807) is 11.3 Å². The summed E-state index contributed by atoms with van der Waals surface area (Å²) in [4.78, 5) is 23.9. The monoisotopic (exact) mass is 366 g/mol. The Hall–Kier alpha value is -2.47. The number of nitrogens with zero attached hydrogens (tertiary/aromatic N) is 4. The number of aryl methyl sites for hydroxylation is 1. The maximum Gasteiger partial charge on any atom is 0.273 e. The van der Waals surface area contributed by atoms with Crippen LogP contribution in [0.4, 0.5) is 0 Å². The summed E-state index contributed by atoms with van der Waals surface area (Å²) in [6, 6.07) is 10.2. The number of amides is 1. The molecule has 4 rings (SSSR count). The fourth-order valence-electron chi connectivity index (χ4n) is 3.57. The molecule has 0 spiro atoms. The SMILES string of the molecule is Cn1ccnc1[C@H]1CCCN(C(=O)c2csc(Cc3ccccc3)n2)C1. The molecule has 0 unspecified atom stereocenters. The van der Waals surface area contributed by atoms with Gasteiger partial charge in [-0.1, -0.05) is 30.3 Å². The summed E-state index contributed by atoms with van der Waals surface area (Å²) in [5.41, 5.74) is 1.79. The molecule has 6 heteroatoms. The van der Waals surface area contributed by atoms with Gasteiger partial charge in [-0.25, -0.2) is 9.97 Å². The molecule has 0 aliphatic carbocycles. The van der Waals surface area contributed by atoms with E-state index in [9.17, 15) is 4.79 Å². The predicted molar refractivity (Wildman–Crippen MR) is 102 cm³/mol. The molecule has 1 saturated heterocycles. The third-order valence-electron chi connectivity index (χ3n) is 4.90. The maximum absolute atomic E-state index is 12.9. The van der Waals surface area contributed by atoms with Crippen molar-refractivity contribution in [2.45, 2.75) is 25.2 Å². The minimum atomic E-state index is 0.0412. The molecule has 1 fully saturated rings. The molecule has 26 heavy (non-hydrogen) atoms. The lowest BCUT2D eigenvalue weighted by Crippen LogP contribution is -2.39. The highest BCUT2D eigenvalue weighted by Crippen LogP contribution is 2.27.